The number of benzene rings is 2. The minimum absolute atomic E-state index is 0.0265. The van der Waals surface area contributed by atoms with Crippen LogP contribution in [-0.2, 0) is 32.0 Å². The lowest BCUT2D eigenvalue weighted by Crippen LogP contribution is -2.57. The van der Waals surface area contributed by atoms with E-state index in [2.05, 4.69) is 41.9 Å². The van der Waals surface area contributed by atoms with E-state index >= 15 is 13.2 Å². The molecule has 24 nitrogen and oxygen atoms in total. The van der Waals surface area contributed by atoms with Gasteiger partial charge >= 0.3 is 18.2 Å². The number of piperazine rings is 1. The van der Waals surface area contributed by atoms with Gasteiger partial charge in [-0.15, -0.1) is 27.8 Å². The largest absolute Gasteiger partial charge is 0.462 e. The Hall–Kier alpha value is -8.56. The molecule has 29 heteroatoms. The van der Waals surface area contributed by atoms with E-state index in [1.165, 1.54) is 22.3 Å². The molecule has 5 fully saturated rings. The van der Waals surface area contributed by atoms with Crippen LogP contribution in [0.4, 0.5) is 33.6 Å². The number of alkyl halides is 2. The standard InChI is InChI=1S/C71H84F3N15O9S2/c1-10-87-52(22-26-77-87)42-14-12-41(13-15-42)51(35-90)78-61(92)53-29-46(91)34-86(53)64(93)57(39(2)3)88-31-43(82-83-88)16-11-40-23-27-84(28-24-40)37-70(36-71(70,73)74)38-96-65-79-60(85-32-44-17-18-45(33-85)89(44)67(95)98-69(7,8)9)55-48-21-25-76-56(58(48)99-63(55)80-65)47-19-20-50(72)59-54(47)49(30-75)62(100-59)81-66(94)97-68(4,5)6/h12-15,19-22,25-26,31,39-40,44-46,51,53,57,90-91H,10-11,16-18,23-24,27-29,32-38H2,1-9H3,(H,78,92)(H,81,94)/t44?,45?,46-,51+,53+,57+,70-/m1/s1. The van der Waals surface area contributed by atoms with Crippen molar-refractivity contribution in [3.63, 3.8) is 0 Å². The Morgan fingerprint density at radius 1 is 0.890 bits per heavy atom. The summed E-state index contributed by atoms with van der Waals surface area (Å²) in [4.78, 5) is 78.0. The highest BCUT2D eigenvalue weighted by molar-refractivity contribution is 7.26. The molecule has 530 valence electrons. The first-order valence-corrected chi connectivity index (χ1v) is 35.9. The van der Waals surface area contributed by atoms with Crippen molar-refractivity contribution in [1.29, 1.82) is 5.26 Å². The Kier molecular flexibility index (Phi) is 19.2. The summed E-state index contributed by atoms with van der Waals surface area (Å²) in [5.74, 6) is -4.02. The summed E-state index contributed by atoms with van der Waals surface area (Å²) in [5, 5.41) is 52.5. The van der Waals surface area contributed by atoms with Gasteiger partial charge in [-0.25, -0.2) is 27.4 Å². The lowest BCUT2D eigenvalue weighted by atomic mass is 9.91. The summed E-state index contributed by atoms with van der Waals surface area (Å²) in [6, 6.07) is 13.2. The molecule has 0 radical (unpaired) electrons. The third-order valence-corrected chi connectivity index (χ3v) is 22.0. The highest BCUT2D eigenvalue weighted by atomic mass is 32.1. The first-order valence-electron chi connectivity index (χ1n) is 34.3. The van der Waals surface area contributed by atoms with Gasteiger partial charge in [0.2, 0.25) is 11.8 Å². The number of aryl methyl sites for hydroxylation is 2. The number of carbonyl (C=O) groups excluding carboxylic acids is 4. The number of carbonyl (C=O) groups is 4. The maximum atomic E-state index is 16.0. The van der Waals surface area contributed by atoms with Crippen molar-refractivity contribution in [1.82, 2.24) is 59.7 Å². The summed E-state index contributed by atoms with van der Waals surface area (Å²) >= 11 is 2.18. The van der Waals surface area contributed by atoms with Crippen LogP contribution >= 0.6 is 22.7 Å². The molecule has 7 atom stereocenters. The van der Waals surface area contributed by atoms with Gasteiger partial charge in [0.05, 0.1) is 73.7 Å². The van der Waals surface area contributed by atoms with Gasteiger partial charge < -0.3 is 44.4 Å². The predicted octanol–water partition coefficient (Wildman–Crippen LogP) is 11.3. The molecule has 2 unspecified atom stereocenters. The zero-order valence-corrected chi connectivity index (χ0v) is 59.1. The van der Waals surface area contributed by atoms with Crippen LogP contribution in [0.25, 0.3) is 52.9 Å². The quantitative estimate of drug-likeness (QED) is 0.0551. The number of nitrogens with one attached hydrogen (secondary N) is 2. The van der Waals surface area contributed by atoms with E-state index in [0.29, 0.717) is 87.8 Å². The second-order valence-electron chi connectivity index (χ2n) is 29.6. The molecule has 1 aliphatic carbocycles. The van der Waals surface area contributed by atoms with E-state index in [-0.39, 0.29) is 95.6 Å². The van der Waals surface area contributed by atoms with E-state index < -0.39 is 70.7 Å². The molecule has 5 aliphatic rings. The lowest BCUT2D eigenvalue weighted by Gasteiger charge is -2.42. The number of hydrogen-bond acceptors (Lipinski definition) is 20. The number of likely N-dealkylation sites (tertiary alicyclic amines) is 2. The average Bonchev–Trinajstić information content (AvgIpc) is 1.55. The van der Waals surface area contributed by atoms with Gasteiger partial charge in [0.1, 0.15) is 57.4 Å². The minimum atomic E-state index is -3.03. The first-order chi connectivity index (χ1) is 47.6. The van der Waals surface area contributed by atoms with E-state index in [4.69, 9.17) is 29.2 Å². The van der Waals surface area contributed by atoms with Crippen LogP contribution in [0.3, 0.4) is 0 Å². The maximum absolute atomic E-state index is 16.0. The molecule has 4 aliphatic heterocycles. The van der Waals surface area contributed by atoms with Gasteiger partial charge in [0.15, 0.2) is 0 Å². The summed E-state index contributed by atoms with van der Waals surface area (Å²) in [5.41, 5.74) is 1.02. The Morgan fingerprint density at radius 3 is 2.27 bits per heavy atom. The molecule has 4 N–H and O–H groups in total. The number of hydrogen-bond donors (Lipinski definition) is 4. The highest BCUT2D eigenvalue weighted by Gasteiger charge is 2.72. The number of amides is 4. The van der Waals surface area contributed by atoms with Gasteiger partial charge in [-0.1, -0.05) is 43.3 Å². The second kappa shape index (κ2) is 27.4. The van der Waals surface area contributed by atoms with Crippen LogP contribution in [0.1, 0.15) is 136 Å². The van der Waals surface area contributed by atoms with Crippen molar-refractivity contribution in [2.75, 3.05) is 62.7 Å². The maximum Gasteiger partial charge on any atom is 0.412 e. The summed E-state index contributed by atoms with van der Waals surface area (Å²) in [7, 11) is 0. The van der Waals surface area contributed by atoms with Crippen molar-refractivity contribution in [2.45, 2.75) is 174 Å². The van der Waals surface area contributed by atoms with E-state index in [0.717, 1.165) is 54.7 Å². The topological polar surface area (TPSA) is 284 Å². The van der Waals surface area contributed by atoms with Crippen LogP contribution in [0, 0.1) is 34.4 Å². The SMILES string of the molecule is CCn1nccc1-c1ccc([C@H](CO)NC(=O)[C@@H]2C[C@@H](O)CN2C(=O)[C@H](C(C)C)n2cc(CCC3CCN(C[C@@]4(COc5nc(N6CC7CCC(C6)N7C(=O)OC(C)(C)C)c6c(n5)sc5c(-c7ccc(F)c8sc(NC(=O)OC(C)(C)C)c(C#N)c78)nccc56)CC4(F)F)CC3)nn2)cc1. The molecule has 2 bridgehead atoms. The third kappa shape index (κ3) is 14.0. The van der Waals surface area contributed by atoms with Gasteiger partial charge in [0.25, 0.3) is 5.92 Å². The van der Waals surface area contributed by atoms with Crippen molar-refractivity contribution in [2.24, 2.45) is 17.3 Å². The monoisotopic (exact) mass is 1410 g/mol. The molecular formula is C71H84F3N15O9S2. The van der Waals surface area contributed by atoms with E-state index in [1.807, 2.05) is 87.5 Å². The molecule has 4 amide bonds. The zero-order valence-electron chi connectivity index (χ0n) is 57.5. The molecule has 1 saturated carbocycles. The van der Waals surface area contributed by atoms with Gasteiger partial charge in [-0.3, -0.25) is 29.5 Å². The summed E-state index contributed by atoms with van der Waals surface area (Å²) in [6.07, 6.45) is 6.89. The number of anilines is 2. The van der Waals surface area contributed by atoms with E-state index in [1.54, 1.807) is 50.1 Å². The van der Waals surface area contributed by atoms with Crippen molar-refractivity contribution >= 4 is 87.9 Å². The second-order valence-corrected chi connectivity index (χ2v) is 31.6. The molecule has 10 heterocycles. The highest BCUT2D eigenvalue weighted by Crippen LogP contribution is 2.61. The fourth-order valence-corrected chi connectivity index (χ4v) is 17.1. The predicted molar refractivity (Wildman–Crippen MR) is 371 cm³/mol. The number of thiophene rings is 2. The zero-order chi connectivity index (χ0) is 70.9. The Morgan fingerprint density at radius 2 is 1.61 bits per heavy atom. The number of ether oxygens (including phenoxy) is 3. The molecular weight excluding hydrogens is 1330 g/mol. The number of nitriles is 1. The molecule has 8 aromatic rings. The van der Waals surface area contributed by atoms with E-state index in [9.17, 15) is 34.7 Å². The van der Waals surface area contributed by atoms with Crippen LogP contribution in [0.15, 0.2) is 67.1 Å². The van der Waals surface area contributed by atoms with Crippen molar-refractivity contribution in [3.8, 4) is 34.6 Å². The number of aliphatic hydroxyl groups is 2. The number of nitrogens with zero attached hydrogens (tertiary/aromatic N) is 13. The molecule has 0 spiro atoms. The van der Waals surface area contributed by atoms with Crippen LogP contribution < -0.4 is 20.3 Å². The summed E-state index contributed by atoms with van der Waals surface area (Å²) < 4.78 is 69.9. The molecule has 4 saturated heterocycles. The Balaban J connectivity index is 0.684. The van der Waals surface area contributed by atoms with Crippen LogP contribution in [0.5, 0.6) is 6.01 Å². The number of rotatable bonds is 20. The number of β-amino-alcohol motifs (C(OH)–C–C–N with tert-alkyl or cyclic N) is 1. The van der Waals surface area contributed by atoms with Crippen molar-refractivity contribution in [3.05, 3.63) is 89.8 Å². The Bertz CT molecular complexity index is 4440. The molecule has 13 rings (SSSR count). The number of halogens is 3. The normalized spacial score (nSPS) is 21.6. The number of aliphatic hydroxyl groups excluding tert-OH is 2. The fourth-order valence-electron chi connectivity index (χ4n) is 14.8. The minimum Gasteiger partial charge on any atom is -0.462 e. The number of pyridine rings is 1. The molecule has 2 aromatic carbocycles. The average molecular weight is 1410 g/mol. The fraction of sp³-hybridized carbons (Fsp3) is 0.535. The van der Waals surface area contributed by atoms with Gasteiger partial charge in [-0.2, -0.15) is 20.3 Å². The molecule has 100 heavy (non-hydrogen) atoms. The first kappa shape index (κ1) is 69.9. The van der Waals surface area contributed by atoms with Crippen LogP contribution in [-0.4, -0.2) is 182 Å². The Labute approximate surface area is 584 Å². The van der Waals surface area contributed by atoms with Gasteiger partial charge in [0, 0.05) is 80.5 Å². The lowest BCUT2D eigenvalue weighted by molar-refractivity contribution is -0.142. The molecule has 6 aromatic heterocycles. The number of fused-ring (bicyclic) bond motifs is 6. The number of aromatic nitrogens is 8. The third-order valence-electron chi connectivity index (χ3n) is 19.8. The summed E-state index contributed by atoms with van der Waals surface area (Å²) in [6.45, 7) is 18.3. The van der Waals surface area contributed by atoms with Crippen LogP contribution in [0.2, 0.25) is 0 Å². The van der Waals surface area contributed by atoms with Crippen molar-refractivity contribution < 1.29 is 56.8 Å². The number of piperidine rings is 1. The van der Waals surface area contributed by atoms with Gasteiger partial charge in [-0.05, 0) is 147 Å². The smallest absolute Gasteiger partial charge is 0.412 e.